The highest BCUT2D eigenvalue weighted by atomic mass is 19.4. The van der Waals surface area contributed by atoms with Crippen LogP contribution in [0.5, 0.6) is 0 Å². The van der Waals surface area contributed by atoms with E-state index >= 15 is 0 Å². The van der Waals surface area contributed by atoms with Crippen molar-refractivity contribution in [3.05, 3.63) is 29.3 Å². The molecule has 0 aromatic heterocycles. The Morgan fingerprint density at radius 1 is 0.733 bits per heavy atom. The number of esters is 2. The first-order valence-electron chi connectivity index (χ1n) is 7.27. The van der Waals surface area contributed by atoms with Gasteiger partial charge in [-0.3, -0.25) is 4.79 Å². The van der Waals surface area contributed by atoms with Crippen molar-refractivity contribution in [1.29, 1.82) is 0 Å². The molecule has 0 heterocycles. The summed E-state index contributed by atoms with van der Waals surface area (Å²) in [7, 11) is 1.69. The number of rotatable bonds is 6. The fourth-order valence-corrected chi connectivity index (χ4v) is 1.90. The van der Waals surface area contributed by atoms with Crippen LogP contribution in [0, 0.1) is 0 Å². The number of halogens is 9. The molecule has 0 saturated heterocycles. The van der Waals surface area contributed by atoms with Gasteiger partial charge in [-0.15, -0.1) is 0 Å². The second-order valence-electron chi connectivity index (χ2n) is 5.46. The monoisotopic (exact) mass is 455 g/mol. The van der Waals surface area contributed by atoms with E-state index in [1.807, 2.05) is 0 Å². The van der Waals surface area contributed by atoms with E-state index < -0.39 is 58.6 Å². The zero-order valence-corrected chi connectivity index (χ0v) is 14.7. The predicted octanol–water partition coefficient (Wildman–Crippen LogP) is 3.67. The van der Waals surface area contributed by atoms with Gasteiger partial charge in [0.2, 0.25) is 0 Å². The molecule has 1 aromatic rings. The average molecular weight is 455 g/mol. The van der Waals surface area contributed by atoms with Crippen LogP contribution in [0.1, 0.15) is 20.7 Å². The van der Waals surface area contributed by atoms with Crippen LogP contribution >= 0.6 is 0 Å². The number of carbonyl (C=O) groups excluding carboxylic acids is 3. The van der Waals surface area contributed by atoms with Crippen molar-refractivity contribution in [2.75, 3.05) is 19.5 Å². The Bertz CT molecular complexity index is 817. The molecule has 0 aliphatic carbocycles. The molecule has 0 unspecified atom stereocenters. The van der Waals surface area contributed by atoms with Gasteiger partial charge in [0.25, 0.3) is 0 Å². The molecule has 6 nitrogen and oxygen atoms in total. The summed E-state index contributed by atoms with van der Waals surface area (Å²) in [6.45, 7) is 0. The summed E-state index contributed by atoms with van der Waals surface area (Å²) in [6.07, 6.45) is -7.11. The van der Waals surface area contributed by atoms with E-state index in [9.17, 15) is 53.9 Å². The molecular formula is C15H10F9NO5. The van der Waals surface area contributed by atoms with Gasteiger partial charge >= 0.3 is 41.8 Å². The first-order valence-corrected chi connectivity index (χ1v) is 7.27. The van der Waals surface area contributed by atoms with Crippen LogP contribution in [-0.4, -0.2) is 56.0 Å². The fraction of sp³-hybridized carbons (Fsp3) is 0.400. The highest BCUT2D eigenvalue weighted by Gasteiger charge is 2.83. The van der Waals surface area contributed by atoms with E-state index in [1.54, 1.807) is 0 Å². The number of nitrogens with one attached hydrogen (secondary N) is 1. The maximum absolute atomic E-state index is 13.6. The molecule has 0 aliphatic rings. The van der Waals surface area contributed by atoms with Gasteiger partial charge in [-0.1, -0.05) is 0 Å². The highest BCUT2D eigenvalue weighted by Crippen LogP contribution is 2.53. The van der Waals surface area contributed by atoms with Gasteiger partial charge in [-0.05, 0) is 18.2 Å². The topological polar surface area (TPSA) is 81.7 Å². The second kappa shape index (κ2) is 8.02. The molecule has 0 spiro atoms. The molecule has 15 heteroatoms. The normalized spacial score (nSPS) is 12.9. The Hall–Kier alpha value is -3.00. The average Bonchev–Trinajstić information content (AvgIpc) is 2.64. The first kappa shape index (κ1) is 25.0. The Labute approximate surface area is 160 Å². The molecule has 30 heavy (non-hydrogen) atoms. The Morgan fingerprint density at radius 3 is 1.47 bits per heavy atom. The number of anilines is 1. The summed E-state index contributed by atoms with van der Waals surface area (Å²) in [5, 5.41) is 0.965. The fourth-order valence-electron chi connectivity index (χ4n) is 1.90. The van der Waals surface area contributed by atoms with E-state index in [0.717, 1.165) is 25.6 Å². The molecule has 1 rings (SSSR count). The summed E-state index contributed by atoms with van der Waals surface area (Å²) in [6, 6.07) is 1.79. The molecule has 0 radical (unpaired) electrons. The SMILES string of the molecule is COC(=O)c1cc(NC(=O)C(F)(F)C(F)(F)C(F)(F)C(F)(F)F)cc(C(=O)OC)c1. The lowest BCUT2D eigenvalue weighted by atomic mass is 10.0. The second-order valence-corrected chi connectivity index (χ2v) is 5.46. The van der Waals surface area contributed by atoms with Crippen molar-refractivity contribution in [1.82, 2.24) is 0 Å². The molecular weight excluding hydrogens is 445 g/mol. The van der Waals surface area contributed by atoms with E-state index in [0.29, 0.717) is 12.1 Å². The molecule has 1 amide bonds. The standard InChI is InChI=1S/C15H10F9NO5/c1-29-9(26)6-3-7(10(27)30-2)5-8(4-6)25-11(28)12(16,17)13(18,19)14(20,21)15(22,23)24/h3-5H,1-2H3,(H,25,28). The minimum absolute atomic E-state index is 0.506. The maximum atomic E-state index is 13.6. The molecule has 1 N–H and O–H groups in total. The van der Waals surface area contributed by atoms with Crippen LogP contribution in [-0.2, 0) is 14.3 Å². The quantitative estimate of drug-likeness (QED) is 0.523. The van der Waals surface area contributed by atoms with Crippen LogP contribution in [0.4, 0.5) is 45.2 Å². The first-order chi connectivity index (χ1) is 13.4. The lowest BCUT2D eigenvalue weighted by Gasteiger charge is -2.32. The van der Waals surface area contributed by atoms with Crippen molar-refractivity contribution in [2.24, 2.45) is 0 Å². The van der Waals surface area contributed by atoms with Crippen LogP contribution in [0.15, 0.2) is 18.2 Å². The molecule has 1 aromatic carbocycles. The predicted molar refractivity (Wildman–Crippen MR) is 78.6 cm³/mol. The molecule has 168 valence electrons. The summed E-state index contributed by atoms with van der Waals surface area (Å²) in [4.78, 5) is 34.5. The summed E-state index contributed by atoms with van der Waals surface area (Å²) in [5.41, 5.74) is -2.22. The van der Waals surface area contributed by atoms with Gasteiger partial charge in [-0.25, -0.2) is 9.59 Å². The number of hydrogen-bond acceptors (Lipinski definition) is 5. The molecule has 0 atom stereocenters. The van der Waals surface area contributed by atoms with Gasteiger partial charge in [0, 0.05) is 5.69 Å². The Morgan fingerprint density at radius 2 is 1.13 bits per heavy atom. The Kier molecular flexibility index (Phi) is 6.70. The minimum Gasteiger partial charge on any atom is -0.465 e. The summed E-state index contributed by atoms with van der Waals surface area (Å²) in [5.74, 6) is -26.7. The van der Waals surface area contributed by atoms with E-state index in [-0.39, 0.29) is 0 Å². The van der Waals surface area contributed by atoms with Crippen LogP contribution in [0.3, 0.4) is 0 Å². The molecule has 0 aliphatic heterocycles. The third kappa shape index (κ3) is 4.28. The van der Waals surface area contributed by atoms with Gasteiger partial charge in [0.05, 0.1) is 25.3 Å². The van der Waals surface area contributed by atoms with Crippen molar-refractivity contribution < 1.29 is 63.4 Å². The van der Waals surface area contributed by atoms with E-state index in [1.165, 1.54) is 0 Å². The van der Waals surface area contributed by atoms with Crippen LogP contribution in [0.2, 0.25) is 0 Å². The number of ether oxygens (including phenoxy) is 2. The van der Waals surface area contributed by atoms with E-state index in [4.69, 9.17) is 0 Å². The summed E-state index contributed by atoms with van der Waals surface area (Å²) >= 11 is 0. The largest absolute Gasteiger partial charge is 0.465 e. The number of methoxy groups -OCH3 is 2. The lowest BCUT2D eigenvalue weighted by Crippen LogP contribution is -2.64. The Balaban J connectivity index is 3.40. The lowest BCUT2D eigenvalue weighted by molar-refractivity contribution is -0.388. The van der Waals surface area contributed by atoms with E-state index in [2.05, 4.69) is 9.47 Å². The molecule has 0 bridgehead atoms. The van der Waals surface area contributed by atoms with Crippen molar-refractivity contribution >= 4 is 23.5 Å². The van der Waals surface area contributed by atoms with Gasteiger partial charge in [0.15, 0.2) is 0 Å². The van der Waals surface area contributed by atoms with Crippen LogP contribution in [0.25, 0.3) is 0 Å². The summed E-state index contributed by atoms with van der Waals surface area (Å²) < 4.78 is 125. The van der Waals surface area contributed by atoms with Gasteiger partial charge < -0.3 is 14.8 Å². The van der Waals surface area contributed by atoms with Crippen molar-refractivity contribution in [3.63, 3.8) is 0 Å². The zero-order chi connectivity index (χ0) is 23.7. The van der Waals surface area contributed by atoms with Gasteiger partial charge in [-0.2, -0.15) is 39.5 Å². The molecule has 0 fully saturated rings. The third-order valence-electron chi connectivity index (χ3n) is 3.46. The van der Waals surface area contributed by atoms with Crippen molar-refractivity contribution in [3.8, 4) is 0 Å². The van der Waals surface area contributed by atoms with Crippen molar-refractivity contribution in [2.45, 2.75) is 23.9 Å². The zero-order valence-electron chi connectivity index (χ0n) is 14.7. The maximum Gasteiger partial charge on any atom is 0.460 e. The third-order valence-corrected chi connectivity index (χ3v) is 3.46. The minimum atomic E-state index is -7.27. The van der Waals surface area contributed by atoms with Gasteiger partial charge in [0.1, 0.15) is 0 Å². The number of alkyl halides is 9. The molecule has 0 saturated carbocycles. The highest BCUT2D eigenvalue weighted by molar-refractivity contribution is 6.01. The number of amides is 1. The number of benzene rings is 1. The van der Waals surface area contributed by atoms with Crippen LogP contribution < -0.4 is 5.32 Å². The number of carbonyl (C=O) groups is 3. The smallest absolute Gasteiger partial charge is 0.460 e. The number of hydrogen-bond donors (Lipinski definition) is 1.